The minimum atomic E-state index is -0.245. The fourth-order valence-electron chi connectivity index (χ4n) is 2.02. The van der Waals surface area contributed by atoms with Crippen LogP contribution in [0.5, 0.6) is 0 Å². The number of benzene rings is 2. The SMILES string of the molecule is Cc1ccc(C(NN)c2ccc(C)c(F)c2)c(Br)c1. The average molecular weight is 323 g/mol. The second-order valence-corrected chi connectivity index (χ2v) is 5.49. The van der Waals surface area contributed by atoms with Gasteiger partial charge in [0.15, 0.2) is 0 Å². The molecule has 0 aliphatic carbocycles. The number of rotatable bonds is 3. The molecule has 1 unspecified atom stereocenters. The summed E-state index contributed by atoms with van der Waals surface area (Å²) in [6.45, 7) is 3.76. The molecule has 0 radical (unpaired) electrons. The quantitative estimate of drug-likeness (QED) is 0.667. The van der Waals surface area contributed by atoms with E-state index >= 15 is 0 Å². The fraction of sp³-hybridized carbons (Fsp3) is 0.200. The van der Waals surface area contributed by atoms with Gasteiger partial charge in [-0.25, -0.2) is 9.82 Å². The van der Waals surface area contributed by atoms with Crippen LogP contribution in [-0.2, 0) is 0 Å². The zero-order valence-corrected chi connectivity index (χ0v) is 12.5. The molecule has 2 aromatic carbocycles. The zero-order valence-electron chi connectivity index (χ0n) is 10.9. The van der Waals surface area contributed by atoms with Crippen molar-refractivity contribution in [3.63, 3.8) is 0 Å². The molecule has 0 saturated heterocycles. The smallest absolute Gasteiger partial charge is 0.126 e. The zero-order chi connectivity index (χ0) is 14.0. The number of nitrogens with one attached hydrogen (secondary N) is 1. The van der Waals surface area contributed by atoms with E-state index in [2.05, 4.69) is 21.4 Å². The van der Waals surface area contributed by atoms with Gasteiger partial charge in [0.1, 0.15) is 5.82 Å². The molecule has 100 valence electrons. The Labute approximate surface area is 120 Å². The highest BCUT2D eigenvalue weighted by Gasteiger charge is 2.16. The van der Waals surface area contributed by atoms with Crippen LogP contribution in [0.25, 0.3) is 0 Å². The lowest BCUT2D eigenvalue weighted by Crippen LogP contribution is -2.29. The number of hydrogen-bond acceptors (Lipinski definition) is 2. The molecule has 4 heteroatoms. The molecule has 2 nitrogen and oxygen atoms in total. The van der Waals surface area contributed by atoms with E-state index in [9.17, 15) is 4.39 Å². The van der Waals surface area contributed by atoms with Crippen molar-refractivity contribution in [3.8, 4) is 0 Å². The van der Waals surface area contributed by atoms with Crippen LogP contribution in [-0.4, -0.2) is 0 Å². The van der Waals surface area contributed by atoms with Crippen LogP contribution in [0.4, 0.5) is 4.39 Å². The third-order valence-electron chi connectivity index (χ3n) is 3.16. The van der Waals surface area contributed by atoms with Crippen molar-refractivity contribution in [1.29, 1.82) is 0 Å². The van der Waals surface area contributed by atoms with Crippen LogP contribution in [0.1, 0.15) is 28.3 Å². The Morgan fingerprint density at radius 2 is 1.89 bits per heavy atom. The topological polar surface area (TPSA) is 38.0 Å². The summed E-state index contributed by atoms with van der Waals surface area (Å²) in [6.07, 6.45) is 0. The Kier molecular flexibility index (Phi) is 4.34. The van der Waals surface area contributed by atoms with Crippen LogP contribution in [0.2, 0.25) is 0 Å². The minimum Gasteiger partial charge on any atom is -0.271 e. The first-order valence-corrected chi connectivity index (χ1v) is 6.80. The molecule has 0 aliphatic rings. The van der Waals surface area contributed by atoms with Crippen LogP contribution in [0.3, 0.4) is 0 Å². The number of hydrogen-bond donors (Lipinski definition) is 2. The summed E-state index contributed by atoms with van der Waals surface area (Å²) in [6, 6.07) is 10.9. The Morgan fingerprint density at radius 1 is 1.16 bits per heavy atom. The number of aryl methyl sites for hydroxylation is 2. The molecule has 19 heavy (non-hydrogen) atoms. The van der Waals surface area contributed by atoms with Gasteiger partial charge in [0.05, 0.1) is 6.04 Å². The highest BCUT2D eigenvalue weighted by atomic mass is 79.9. The molecule has 2 rings (SSSR count). The molecule has 0 bridgehead atoms. The summed E-state index contributed by atoms with van der Waals surface area (Å²) in [7, 11) is 0. The molecule has 2 aromatic rings. The van der Waals surface area contributed by atoms with Crippen molar-refractivity contribution >= 4 is 15.9 Å². The van der Waals surface area contributed by atoms with Gasteiger partial charge >= 0.3 is 0 Å². The molecule has 0 amide bonds. The van der Waals surface area contributed by atoms with Crippen molar-refractivity contribution in [2.24, 2.45) is 5.84 Å². The van der Waals surface area contributed by atoms with Gasteiger partial charge in [-0.1, -0.05) is 40.2 Å². The number of nitrogens with two attached hydrogens (primary N) is 1. The second kappa shape index (κ2) is 5.82. The maximum Gasteiger partial charge on any atom is 0.126 e. The Morgan fingerprint density at radius 3 is 2.47 bits per heavy atom. The highest BCUT2D eigenvalue weighted by molar-refractivity contribution is 9.10. The first-order chi connectivity index (χ1) is 9.02. The molecular formula is C15H16BrFN2. The Hall–Kier alpha value is -1.23. The van der Waals surface area contributed by atoms with E-state index in [0.717, 1.165) is 21.2 Å². The van der Waals surface area contributed by atoms with E-state index in [1.54, 1.807) is 13.0 Å². The van der Waals surface area contributed by atoms with Gasteiger partial charge in [-0.3, -0.25) is 5.84 Å². The second-order valence-electron chi connectivity index (χ2n) is 4.63. The maximum atomic E-state index is 13.7. The monoisotopic (exact) mass is 322 g/mol. The fourth-order valence-corrected chi connectivity index (χ4v) is 2.74. The van der Waals surface area contributed by atoms with Crippen LogP contribution < -0.4 is 11.3 Å². The highest BCUT2D eigenvalue weighted by Crippen LogP contribution is 2.29. The van der Waals surface area contributed by atoms with E-state index in [0.29, 0.717) is 5.56 Å². The lowest BCUT2D eigenvalue weighted by atomic mass is 9.97. The van der Waals surface area contributed by atoms with E-state index in [-0.39, 0.29) is 11.9 Å². The van der Waals surface area contributed by atoms with Gasteiger partial charge in [-0.15, -0.1) is 0 Å². The molecule has 0 heterocycles. The van der Waals surface area contributed by atoms with Crippen LogP contribution in [0, 0.1) is 19.7 Å². The normalized spacial score (nSPS) is 12.5. The lowest BCUT2D eigenvalue weighted by molar-refractivity contribution is 0.598. The van der Waals surface area contributed by atoms with Crippen LogP contribution >= 0.6 is 15.9 Å². The first kappa shape index (κ1) is 14.2. The summed E-state index contributed by atoms with van der Waals surface area (Å²) in [4.78, 5) is 0. The standard InChI is InChI=1S/C15H16BrFN2/c1-9-3-6-12(13(16)7-9)15(19-18)11-5-4-10(2)14(17)8-11/h3-8,15,19H,18H2,1-2H3. The van der Waals surface area contributed by atoms with Gasteiger partial charge in [0.2, 0.25) is 0 Å². The lowest BCUT2D eigenvalue weighted by Gasteiger charge is -2.19. The summed E-state index contributed by atoms with van der Waals surface area (Å²) < 4.78 is 14.6. The summed E-state index contributed by atoms with van der Waals surface area (Å²) in [5.41, 5.74) is 6.31. The van der Waals surface area contributed by atoms with Gasteiger partial charge < -0.3 is 0 Å². The molecule has 0 aromatic heterocycles. The number of halogens is 2. The summed E-state index contributed by atoms with van der Waals surface area (Å²) in [5, 5.41) is 0. The minimum absolute atomic E-state index is 0.221. The largest absolute Gasteiger partial charge is 0.271 e. The summed E-state index contributed by atoms with van der Waals surface area (Å²) >= 11 is 3.53. The molecular weight excluding hydrogens is 307 g/mol. The van der Waals surface area contributed by atoms with E-state index in [4.69, 9.17) is 5.84 Å². The van der Waals surface area contributed by atoms with Crippen molar-refractivity contribution in [1.82, 2.24) is 5.43 Å². The van der Waals surface area contributed by atoms with Crippen molar-refractivity contribution in [2.75, 3.05) is 0 Å². The predicted octanol–water partition coefficient (Wildman–Crippen LogP) is 3.76. The molecule has 3 N–H and O–H groups in total. The van der Waals surface area contributed by atoms with Gasteiger partial charge in [-0.05, 0) is 48.2 Å². The van der Waals surface area contributed by atoms with Crippen LogP contribution in [0.15, 0.2) is 40.9 Å². The maximum absolute atomic E-state index is 13.7. The Balaban J connectivity index is 2.46. The van der Waals surface area contributed by atoms with E-state index in [1.165, 1.54) is 6.07 Å². The number of hydrazine groups is 1. The van der Waals surface area contributed by atoms with Crippen molar-refractivity contribution < 1.29 is 4.39 Å². The molecule has 0 spiro atoms. The average Bonchev–Trinajstić information content (AvgIpc) is 2.37. The van der Waals surface area contributed by atoms with E-state index in [1.807, 2.05) is 31.2 Å². The summed E-state index contributed by atoms with van der Waals surface area (Å²) in [5.74, 6) is 5.42. The van der Waals surface area contributed by atoms with Gasteiger partial charge in [0, 0.05) is 4.47 Å². The molecule has 0 fully saturated rings. The first-order valence-electron chi connectivity index (χ1n) is 6.01. The molecule has 0 aliphatic heterocycles. The molecule has 0 saturated carbocycles. The third-order valence-corrected chi connectivity index (χ3v) is 3.85. The van der Waals surface area contributed by atoms with E-state index < -0.39 is 0 Å². The van der Waals surface area contributed by atoms with Gasteiger partial charge in [0.25, 0.3) is 0 Å². The molecule has 1 atom stereocenters. The van der Waals surface area contributed by atoms with Crippen molar-refractivity contribution in [2.45, 2.75) is 19.9 Å². The predicted molar refractivity (Wildman–Crippen MR) is 79.2 cm³/mol. The third kappa shape index (κ3) is 3.03. The van der Waals surface area contributed by atoms with Crippen molar-refractivity contribution in [3.05, 3.63) is 68.9 Å². The Bertz CT molecular complexity index is 599. The van der Waals surface area contributed by atoms with Gasteiger partial charge in [-0.2, -0.15) is 0 Å².